The molecule has 13 heavy (non-hydrogen) atoms. The molecule has 1 heterocycles. The lowest BCUT2D eigenvalue weighted by Gasteiger charge is -2.01. The van der Waals surface area contributed by atoms with E-state index in [0.29, 0.717) is 10.2 Å². The number of hydrogen-bond donors (Lipinski definition) is 1. The zero-order chi connectivity index (χ0) is 9.59. The molecule has 0 fully saturated rings. The van der Waals surface area contributed by atoms with Gasteiger partial charge in [-0.1, -0.05) is 39.3 Å². The summed E-state index contributed by atoms with van der Waals surface area (Å²) >= 11 is 18.4. The Labute approximate surface area is 92.0 Å². The SMILES string of the molecule is Oc1c(Cl)c(Cl)c2snnc2c1Cl. The third-order valence-corrected chi connectivity index (χ3v) is 3.56. The van der Waals surface area contributed by atoms with Gasteiger partial charge in [0.1, 0.15) is 15.6 Å². The van der Waals surface area contributed by atoms with Crippen LogP contribution in [0.4, 0.5) is 0 Å². The van der Waals surface area contributed by atoms with Crippen molar-refractivity contribution in [3.05, 3.63) is 15.1 Å². The van der Waals surface area contributed by atoms with Crippen molar-refractivity contribution in [2.24, 2.45) is 0 Å². The molecule has 2 rings (SSSR count). The summed E-state index contributed by atoms with van der Waals surface area (Å²) in [5, 5.41) is 13.5. The second kappa shape index (κ2) is 3.13. The summed E-state index contributed by atoms with van der Waals surface area (Å²) in [6, 6.07) is 0. The summed E-state index contributed by atoms with van der Waals surface area (Å²) in [4.78, 5) is 0. The highest BCUT2D eigenvalue weighted by Crippen LogP contribution is 2.44. The van der Waals surface area contributed by atoms with Gasteiger partial charge in [-0.2, -0.15) is 0 Å². The maximum absolute atomic E-state index is 9.39. The van der Waals surface area contributed by atoms with Crippen LogP contribution in [-0.4, -0.2) is 14.7 Å². The van der Waals surface area contributed by atoms with Crippen molar-refractivity contribution in [2.75, 3.05) is 0 Å². The fraction of sp³-hybridized carbons (Fsp3) is 0. The molecule has 0 unspecified atom stereocenters. The lowest BCUT2D eigenvalue weighted by molar-refractivity contribution is 0.476. The molecule has 1 aromatic heterocycles. The van der Waals surface area contributed by atoms with Crippen LogP contribution >= 0.6 is 46.3 Å². The zero-order valence-electron chi connectivity index (χ0n) is 5.88. The van der Waals surface area contributed by atoms with Crippen molar-refractivity contribution in [1.82, 2.24) is 9.59 Å². The maximum atomic E-state index is 9.39. The molecule has 3 nitrogen and oxygen atoms in total. The Morgan fingerprint density at radius 2 is 1.77 bits per heavy atom. The van der Waals surface area contributed by atoms with Gasteiger partial charge in [-0.25, -0.2) is 0 Å². The van der Waals surface area contributed by atoms with E-state index in [1.807, 2.05) is 0 Å². The number of fused-ring (bicyclic) bond motifs is 1. The molecule has 1 N–H and O–H groups in total. The Morgan fingerprint density at radius 3 is 2.46 bits per heavy atom. The van der Waals surface area contributed by atoms with Crippen LogP contribution in [0.3, 0.4) is 0 Å². The number of nitrogens with zero attached hydrogens (tertiary/aromatic N) is 2. The molecule has 68 valence electrons. The monoisotopic (exact) mass is 254 g/mol. The predicted molar refractivity (Wildman–Crippen MR) is 54.1 cm³/mol. The predicted octanol–water partition coefficient (Wildman–Crippen LogP) is 3.36. The van der Waals surface area contributed by atoms with Gasteiger partial charge in [-0.15, -0.1) is 5.10 Å². The molecular weight excluding hydrogens is 255 g/mol. The van der Waals surface area contributed by atoms with Crippen molar-refractivity contribution in [1.29, 1.82) is 0 Å². The second-order valence-corrected chi connectivity index (χ2v) is 4.13. The summed E-state index contributed by atoms with van der Waals surface area (Å²) in [7, 11) is 0. The molecule has 0 atom stereocenters. The van der Waals surface area contributed by atoms with E-state index >= 15 is 0 Å². The van der Waals surface area contributed by atoms with E-state index in [1.165, 1.54) is 0 Å². The third-order valence-electron chi connectivity index (χ3n) is 1.50. The molecule has 2 aromatic rings. The Hall–Kier alpha value is -0.290. The van der Waals surface area contributed by atoms with Crippen LogP contribution in [0.2, 0.25) is 15.1 Å². The molecule has 0 aliphatic heterocycles. The first-order chi connectivity index (χ1) is 6.13. The van der Waals surface area contributed by atoms with Crippen LogP contribution in [0.5, 0.6) is 5.75 Å². The van der Waals surface area contributed by atoms with Gasteiger partial charge in [0.25, 0.3) is 0 Å². The highest BCUT2D eigenvalue weighted by molar-refractivity contribution is 7.14. The first-order valence-electron chi connectivity index (χ1n) is 3.10. The van der Waals surface area contributed by atoms with Gasteiger partial charge in [0.15, 0.2) is 5.75 Å². The van der Waals surface area contributed by atoms with E-state index < -0.39 is 0 Å². The highest BCUT2D eigenvalue weighted by atomic mass is 35.5. The van der Waals surface area contributed by atoms with Gasteiger partial charge >= 0.3 is 0 Å². The van der Waals surface area contributed by atoms with Crippen LogP contribution in [0.25, 0.3) is 10.2 Å². The van der Waals surface area contributed by atoms with E-state index in [1.54, 1.807) is 0 Å². The number of phenolic OH excluding ortho intramolecular Hbond substituents is 1. The van der Waals surface area contributed by atoms with E-state index in [0.717, 1.165) is 11.5 Å². The van der Waals surface area contributed by atoms with Crippen LogP contribution in [0.15, 0.2) is 0 Å². The van der Waals surface area contributed by atoms with Gasteiger partial charge < -0.3 is 5.11 Å². The Bertz CT molecular complexity index is 442. The molecule has 0 aliphatic carbocycles. The van der Waals surface area contributed by atoms with Crippen molar-refractivity contribution in [2.45, 2.75) is 0 Å². The molecule has 0 amide bonds. The Morgan fingerprint density at radius 1 is 1.08 bits per heavy atom. The molecule has 0 saturated carbocycles. The first-order valence-corrected chi connectivity index (χ1v) is 5.01. The Kier molecular flexibility index (Phi) is 2.23. The number of benzene rings is 1. The average molecular weight is 256 g/mol. The number of aromatic hydroxyl groups is 1. The smallest absolute Gasteiger partial charge is 0.156 e. The molecular formula is C6HCl3N2OS. The normalized spacial score (nSPS) is 11.0. The second-order valence-electron chi connectivity index (χ2n) is 2.24. The minimum absolute atomic E-state index is 0.0326. The van der Waals surface area contributed by atoms with Gasteiger partial charge in [0, 0.05) is 0 Å². The highest BCUT2D eigenvalue weighted by Gasteiger charge is 2.17. The summed E-state index contributed by atoms with van der Waals surface area (Å²) in [5.41, 5.74) is 0.374. The van der Waals surface area contributed by atoms with Crippen LogP contribution < -0.4 is 0 Å². The fourth-order valence-electron chi connectivity index (χ4n) is 0.890. The molecule has 1 aromatic carbocycles. The Balaban J connectivity index is 3.02. The van der Waals surface area contributed by atoms with Crippen molar-refractivity contribution in [3.8, 4) is 5.75 Å². The summed E-state index contributed by atoms with van der Waals surface area (Å²) in [5.74, 6) is -0.256. The van der Waals surface area contributed by atoms with E-state index in [2.05, 4.69) is 9.59 Å². The minimum Gasteiger partial charge on any atom is -0.505 e. The van der Waals surface area contributed by atoms with Crippen molar-refractivity contribution >= 4 is 56.6 Å². The fourth-order valence-corrected chi connectivity index (χ4v) is 2.36. The van der Waals surface area contributed by atoms with Gasteiger partial charge in [0.05, 0.1) is 9.72 Å². The largest absolute Gasteiger partial charge is 0.505 e. The van der Waals surface area contributed by atoms with Crippen LogP contribution in [0.1, 0.15) is 0 Å². The lowest BCUT2D eigenvalue weighted by Crippen LogP contribution is -1.77. The van der Waals surface area contributed by atoms with E-state index in [9.17, 15) is 5.11 Å². The number of rotatable bonds is 0. The van der Waals surface area contributed by atoms with E-state index in [4.69, 9.17) is 34.8 Å². The molecule has 0 radical (unpaired) electrons. The molecule has 0 aliphatic rings. The zero-order valence-corrected chi connectivity index (χ0v) is 8.97. The van der Waals surface area contributed by atoms with Crippen molar-refractivity contribution in [3.63, 3.8) is 0 Å². The number of phenols is 1. The summed E-state index contributed by atoms with van der Waals surface area (Å²) in [6.07, 6.45) is 0. The molecule has 7 heteroatoms. The van der Waals surface area contributed by atoms with Gasteiger partial charge in [0.2, 0.25) is 0 Å². The summed E-state index contributed by atoms with van der Waals surface area (Å²) < 4.78 is 4.24. The standard InChI is InChI=1S/C6HCl3N2OS/c7-1-2(8)6-4(10-11-13-6)3(9)5(1)12/h12H. The van der Waals surface area contributed by atoms with Crippen LogP contribution in [0, 0.1) is 0 Å². The average Bonchev–Trinajstić information content (AvgIpc) is 2.59. The van der Waals surface area contributed by atoms with Crippen LogP contribution in [-0.2, 0) is 0 Å². The summed E-state index contributed by atoms with van der Waals surface area (Å²) in [6.45, 7) is 0. The quantitative estimate of drug-likeness (QED) is 0.734. The molecule has 0 bridgehead atoms. The molecule has 0 saturated heterocycles. The maximum Gasteiger partial charge on any atom is 0.156 e. The number of hydrogen-bond acceptors (Lipinski definition) is 4. The number of aromatic nitrogens is 2. The third kappa shape index (κ3) is 1.25. The minimum atomic E-state index is -0.256. The first kappa shape index (κ1) is 9.27. The van der Waals surface area contributed by atoms with Gasteiger partial charge in [-0.05, 0) is 11.5 Å². The number of halogens is 3. The van der Waals surface area contributed by atoms with Gasteiger partial charge in [-0.3, -0.25) is 0 Å². The topological polar surface area (TPSA) is 46.0 Å². The van der Waals surface area contributed by atoms with Crippen molar-refractivity contribution < 1.29 is 5.11 Å². The molecule has 0 spiro atoms. The van der Waals surface area contributed by atoms with E-state index in [-0.39, 0.29) is 20.8 Å². The lowest BCUT2D eigenvalue weighted by atomic mass is 10.3.